The maximum absolute atomic E-state index is 12.1. The zero-order valence-electron chi connectivity index (χ0n) is 13.0. The summed E-state index contributed by atoms with van der Waals surface area (Å²) in [5, 5.41) is 2.80. The summed E-state index contributed by atoms with van der Waals surface area (Å²) in [6, 6.07) is 9.13. The number of halogens is 3. The number of hydrogen-bond acceptors (Lipinski definition) is 3. The second kappa shape index (κ2) is 7.67. The van der Waals surface area contributed by atoms with E-state index in [1.54, 1.807) is 6.20 Å². The lowest BCUT2D eigenvalue weighted by molar-refractivity contribution is -0.274. The standard InChI is InChI=1S/C16H17F3N4O/c1-11-2-3-12(10-22-11)8-9-21-15(20)23-13-4-6-14(7-5-13)24-16(17,18)19/h2-7,10H,8-9H2,1H3,(H3,20,21,23). The minimum Gasteiger partial charge on any atom is -0.406 e. The molecule has 1 aromatic heterocycles. The van der Waals surface area contributed by atoms with Gasteiger partial charge in [0.15, 0.2) is 5.96 Å². The van der Waals surface area contributed by atoms with Gasteiger partial charge in [-0.3, -0.25) is 9.98 Å². The monoisotopic (exact) mass is 338 g/mol. The molecule has 0 aliphatic rings. The zero-order valence-corrected chi connectivity index (χ0v) is 13.0. The fourth-order valence-electron chi connectivity index (χ4n) is 1.88. The topological polar surface area (TPSA) is 72.5 Å². The summed E-state index contributed by atoms with van der Waals surface area (Å²) in [4.78, 5) is 8.35. The third-order valence-corrected chi connectivity index (χ3v) is 3.02. The Kier molecular flexibility index (Phi) is 5.62. The van der Waals surface area contributed by atoms with E-state index in [0.29, 0.717) is 18.7 Å². The molecule has 0 unspecified atom stereocenters. The van der Waals surface area contributed by atoms with Crippen molar-refractivity contribution in [1.82, 2.24) is 4.98 Å². The summed E-state index contributed by atoms with van der Waals surface area (Å²) >= 11 is 0. The molecule has 0 amide bonds. The Morgan fingerprint density at radius 2 is 1.92 bits per heavy atom. The van der Waals surface area contributed by atoms with Crippen LogP contribution < -0.4 is 15.8 Å². The van der Waals surface area contributed by atoms with E-state index in [0.717, 1.165) is 11.3 Å². The van der Waals surface area contributed by atoms with Gasteiger partial charge in [0.2, 0.25) is 0 Å². The highest BCUT2D eigenvalue weighted by Gasteiger charge is 2.30. The number of rotatable bonds is 5. The third kappa shape index (κ3) is 6.15. The summed E-state index contributed by atoms with van der Waals surface area (Å²) in [7, 11) is 0. The first-order valence-electron chi connectivity index (χ1n) is 7.16. The Labute approximate surface area is 137 Å². The minimum absolute atomic E-state index is 0.180. The lowest BCUT2D eigenvalue weighted by Crippen LogP contribution is -2.23. The number of nitrogens with one attached hydrogen (secondary N) is 1. The summed E-state index contributed by atoms with van der Waals surface area (Å²) in [5.74, 6) is -0.116. The summed E-state index contributed by atoms with van der Waals surface area (Å²) < 4.78 is 40.0. The molecule has 0 atom stereocenters. The molecule has 2 rings (SSSR count). The van der Waals surface area contributed by atoms with Crippen LogP contribution in [0, 0.1) is 6.92 Å². The van der Waals surface area contributed by atoms with Crippen LogP contribution in [-0.4, -0.2) is 23.9 Å². The van der Waals surface area contributed by atoms with Crippen molar-refractivity contribution in [3.63, 3.8) is 0 Å². The van der Waals surface area contributed by atoms with Crippen LogP contribution >= 0.6 is 0 Å². The highest BCUT2D eigenvalue weighted by molar-refractivity contribution is 5.92. The van der Waals surface area contributed by atoms with Crippen molar-refractivity contribution in [2.24, 2.45) is 10.7 Å². The smallest absolute Gasteiger partial charge is 0.406 e. The Bertz CT molecular complexity index is 682. The number of benzene rings is 1. The van der Waals surface area contributed by atoms with Gasteiger partial charge in [0.25, 0.3) is 0 Å². The molecule has 0 aliphatic carbocycles. The molecule has 1 heterocycles. The number of nitrogens with zero attached hydrogens (tertiary/aromatic N) is 2. The second-order valence-electron chi connectivity index (χ2n) is 5.02. The van der Waals surface area contributed by atoms with Gasteiger partial charge in [0.1, 0.15) is 5.75 Å². The van der Waals surface area contributed by atoms with Crippen molar-refractivity contribution in [2.45, 2.75) is 19.7 Å². The highest BCUT2D eigenvalue weighted by Crippen LogP contribution is 2.23. The van der Waals surface area contributed by atoms with Crippen LogP contribution in [0.4, 0.5) is 18.9 Å². The predicted molar refractivity (Wildman–Crippen MR) is 85.9 cm³/mol. The van der Waals surface area contributed by atoms with Crippen molar-refractivity contribution in [2.75, 3.05) is 11.9 Å². The molecule has 128 valence electrons. The van der Waals surface area contributed by atoms with Crippen LogP contribution in [-0.2, 0) is 6.42 Å². The van der Waals surface area contributed by atoms with E-state index >= 15 is 0 Å². The summed E-state index contributed by atoms with van der Waals surface area (Å²) in [5.41, 5.74) is 8.26. The van der Waals surface area contributed by atoms with Crippen LogP contribution in [0.15, 0.2) is 47.6 Å². The predicted octanol–water partition coefficient (Wildman–Crippen LogP) is 3.26. The molecule has 1 aromatic carbocycles. The first-order valence-corrected chi connectivity index (χ1v) is 7.16. The number of aryl methyl sites for hydroxylation is 1. The number of ether oxygens (including phenoxy) is 1. The quantitative estimate of drug-likeness (QED) is 0.648. The number of pyridine rings is 1. The van der Waals surface area contributed by atoms with Crippen molar-refractivity contribution < 1.29 is 17.9 Å². The maximum Gasteiger partial charge on any atom is 0.573 e. The van der Waals surface area contributed by atoms with Gasteiger partial charge in [0, 0.05) is 24.1 Å². The molecular weight excluding hydrogens is 321 g/mol. The van der Waals surface area contributed by atoms with E-state index in [2.05, 4.69) is 20.0 Å². The van der Waals surface area contributed by atoms with E-state index in [1.807, 2.05) is 19.1 Å². The summed E-state index contributed by atoms with van der Waals surface area (Å²) in [6.07, 6.45) is -2.23. The molecule has 0 radical (unpaired) electrons. The molecular formula is C16H17F3N4O. The van der Waals surface area contributed by atoms with Crippen LogP contribution in [0.2, 0.25) is 0 Å². The lowest BCUT2D eigenvalue weighted by Gasteiger charge is -2.10. The molecule has 8 heteroatoms. The molecule has 0 saturated carbocycles. The first kappa shape index (κ1) is 17.6. The van der Waals surface area contributed by atoms with Gasteiger partial charge in [0.05, 0.1) is 0 Å². The Morgan fingerprint density at radius 1 is 1.21 bits per heavy atom. The molecule has 0 spiro atoms. The molecule has 2 aromatic rings. The van der Waals surface area contributed by atoms with Gasteiger partial charge in [-0.15, -0.1) is 13.2 Å². The van der Waals surface area contributed by atoms with E-state index in [4.69, 9.17) is 5.73 Å². The first-order chi connectivity index (χ1) is 11.3. The van der Waals surface area contributed by atoms with E-state index < -0.39 is 6.36 Å². The molecule has 0 aliphatic heterocycles. The lowest BCUT2D eigenvalue weighted by atomic mass is 10.2. The molecule has 24 heavy (non-hydrogen) atoms. The Hall–Kier alpha value is -2.77. The zero-order chi connectivity index (χ0) is 17.6. The van der Waals surface area contributed by atoms with Gasteiger partial charge >= 0.3 is 6.36 Å². The largest absolute Gasteiger partial charge is 0.573 e. The van der Waals surface area contributed by atoms with Gasteiger partial charge in [-0.2, -0.15) is 0 Å². The van der Waals surface area contributed by atoms with Crippen LogP contribution in [0.3, 0.4) is 0 Å². The number of alkyl halides is 3. The van der Waals surface area contributed by atoms with Gasteiger partial charge in [-0.1, -0.05) is 6.07 Å². The van der Waals surface area contributed by atoms with Crippen LogP contribution in [0.5, 0.6) is 5.75 Å². The third-order valence-electron chi connectivity index (χ3n) is 3.02. The molecule has 3 N–H and O–H groups in total. The number of nitrogens with two attached hydrogens (primary N) is 1. The fraction of sp³-hybridized carbons (Fsp3) is 0.250. The number of hydrogen-bond donors (Lipinski definition) is 2. The van der Waals surface area contributed by atoms with E-state index in [-0.39, 0.29) is 11.7 Å². The van der Waals surface area contributed by atoms with Crippen molar-refractivity contribution in [1.29, 1.82) is 0 Å². The van der Waals surface area contributed by atoms with Crippen molar-refractivity contribution >= 4 is 11.6 Å². The summed E-state index contributed by atoms with van der Waals surface area (Å²) in [6.45, 7) is 2.38. The Balaban J connectivity index is 1.84. The van der Waals surface area contributed by atoms with Crippen molar-refractivity contribution in [3.8, 4) is 5.75 Å². The van der Waals surface area contributed by atoms with Crippen LogP contribution in [0.1, 0.15) is 11.3 Å². The fourth-order valence-corrected chi connectivity index (χ4v) is 1.88. The number of aromatic nitrogens is 1. The minimum atomic E-state index is -4.71. The molecule has 5 nitrogen and oxygen atoms in total. The molecule has 0 fully saturated rings. The molecule has 0 bridgehead atoms. The number of guanidine groups is 1. The average Bonchev–Trinajstić information content (AvgIpc) is 2.50. The molecule has 0 saturated heterocycles. The second-order valence-corrected chi connectivity index (χ2v) is 5.02. The highest BCUT2D eigenvalue weighted by atomic mass is 19.4. The van der Waals surface area contributed by atoms with Gasteiger partial charge in [-0.05, 0) is 49.2 Å². The van der Waals surface area contributed by atoms with Crippen molar-refractivity contribution in [3.05, 3.63) is 53.9 Å². The normalized spacial score (nSPS) is 12.1. The SMILES string of the molecule is Cc1ccc(CCN=C(N)Nc2ccc(OC(F)(F)F)cc2)cn1. The van der Waals surface area contributed by atoms with E-state index in [1.165, 1.54) is 24.3 Å². The number of aliphatic imine (C=N–C) groups is 1. The van der Waals surface area contributed by atoms with E-state index in [9.17, 15) is 13.2 Å². The maximum atomic E-state index is 12.1. The van der Waals surface area contributed by atoms with Crippen LogP contribution in [0.25, 0.3) is 0 Å². The van der Waals surface area contributed by atoms with Gasteiger partial charge < -0.3 is 15.8 Å². The average molecular weight is 338 g/mol. The van der Waals surface area contributed by atoms with Gasteiger partial charge in [-0.25, -0.2) is 0 Å². The Morgan fingerprint density at radius 3 is 2.50 bits per heavy atom. The number of anilines is 1.